The SMILES string of the molecule is Cc1ccccc1N1[C@@H](C)C2(C)CCC1(C)c1cscc12. The quantitative estimate of drug-likeness (QED) is 0.696. The molecule has 1 aliphatic carbocycles. The smallest absolute Gasteiger partial charge is 0.0640 e. The molecule has 2 unspecified atom stereocenters. The molecule has 5 rings (SSSR count). The minimum absolute atomic E-state index is 0.151. The van der Waals surface area contributed by atoms with Gasteiger partial charge in [-0.1, -0.05) is 25.1 Å². The van der Waals surface area contributed by atoms with Gasteiger partial charge in [-0.3, -0.25) is 0 Å². The van der Waals surface area contributed by atoms with E-state index >= 15 is 0 Å². The van der Waals surface area contributed by atoms with Gasteiger partial charge in [-0.25, -0.2) is 0 Å². The number of hydrogen-bond donors (Lipinski definition) is 0. The molecule has 1 nitrogen and oxygen atoms in total. The van der Waals surface area contributed by atoms with Crippen molar-refractivity contribution in [2.24, 2.45) is 0 Å². The van der Waals surface area contributed by atoms with Gasteiger partial charge in [0.15, 0.2) is 0 Å². The summed E-state index contributed by atoms with van der Waals surface area (Å²) in [4.78, 5) is 2.71. The average Bonchev–Trinajstić information content (AvgIpc) is 2.96. The summed E-state index contributed by atoms with van der Waals surface area (Å²) in [6.07, 6.45) is 2.56. The molecule has 110 valence electrons. The van der Waals surface area contributed by atoms with Gasteiger partial charge in [0.25, 0.3) is 0 Å². The molecule has 1 aromatic carbocycles. The van der Waals surface area contributed by atoms with E-state index in [0.717, 1.165) is 0 Å². The molecule has 2 bridgehead atoms. The van der Waals surface area contributed by atoms with Gasteiger partial charge < -0.3 is 4.90 Å². The lowest BCUT2D eigenvalue weighted by molar-refractivity contribution is 0.167. The molecule has 0 radical (unpaired) electrons. The Hall–Kier alpha value is -1.28. The molecule has 2 heteroatoms. The summed E-state index contributed by atoms with van der Waals surface area (Å²) in [5, 5.41) is 4.79. The lowest BCUT2D eigenvalue weighted by Crippen LogP contribution is -2.65. The molecule has 2 aliphatic heterocycles. The van der Waals surface area contributed by atoms with Gasteiger partial charge in [0.1, 0.15) is 0 Å². The van der Waals surface area contributed by atoms with Crippen molar-refractivity contribution in [3.05, 3.63) is 51.7 Å². The summed E-state index contributed by atoms with van der Waals surface area (Å²) in [6.45, 7) is 9.57. The van der Waals surface area contributed by atoms with Gasteiger partial charge in [-0.15, -0.1) is 0 Å². The van der Waals surface area contributed by atoms with Crippen molar-refractivity contribution in [3.63, 3.8) is 0 Å². The predicted molar refractivity (Wildman–Crippen MR) is 91.4 cm³/mol. The highest BCUT2D eigenvalue weighted by molar-refractivity contribution is 7.08. The number of para-hydroxylation sites is 1. The number of fused-ring (bicyclic) bond motifs is 2. The number of anilines is 1. The first kappa shape index (κ1) is 13.4. The minimum atomic E-state index is 0.151. The van der Waals surface area contributed by atoms with E-state index in [9.17, 15) is 0 Å². The minimum Gasteiger partial charge on any atom is -0.358 e. The zero-order chi connectivity index (χ0) is 14.8. The second kappa shape index (κ2) is 4.13. The van der Waals surface area contributed by atoms with E-state index in [0.29, 0.717) is 6.04 Å². The van der Waals surface area contributed by atoms with Gasteiger partial charge >= 0.3 is 0 Å². The Morgan fingerprint density at radius 2 is 1.81 bits per heavy atom. The molecule has 21 heavy (non-hydrogen) atoms. The monoisotopic (exact) mass is 297 g/mol. The molecule has 3 atom stereocenters. The van der Waals surface area contributed by atoms with E-state index in [4.69, 9.17) is 0 Å². The second-order valence-electron chi connectivity index (χ2n) is 7.22. The number of rotatable bonds is 1. The Bertz CT molecular complexity index is 703. The maximum atomic E-state index is 2.71. The van der Waals surface area contributed by atoms with Gasteiger partial charge in [-0.05, 0) is 67.1 Å². The van der Waals surface area contributed by atoms with Crippen molar-refractivity contribution in [2.75, 3.05) is 4.90 Å². The van der Waals surface area contributed by atoms with E-state index in [1.165, 1.54) is 24.1 Å². The van der Waals surface area contributed by atoms with Gasteiger partial charge in [0, 0.05) is 17.1 Å². The van der Waals surface area contributed by atoms with Crippen LogP contribution in [0.25, 0.3) is 0 Å². The fourth-order valence-electron chi connectivity index (χ4n) is 4.63. The van der Waals surface area contributed by atoms with Crippen LogP contribution in [-0.2, 0) is 11.0 Å². The lowest BCUT2D eigenvalue weighted by atomic mass is 9.57. The van der Waals surface area contributed by atoms with Crippen molar-refractivity contribution in [1.82, 2.24) is 0 Å². The van der Waals surface area contributed by atoms with E-state index in [1.54, 1.807) is 11.1 Å². The number of aryl methyl sites for hydroxylation is 1. The zero-order valence-electron chi connectivity index (χ0n) is 13.3. The number of piperidine rings is 1. The van der Waals surface area contributed by atoms with E-state index in [-0.39, 0.29) is 11.0 Å². The Morgan fingerprint density at radius 3 is 2.57 bits per heavy atom. The zero-order valence-corrected chi connectivity index (χ0v) is 14.1. The van der Waals surface area contributed by atoms with Gasteiger partial charge in [-0.2, -0.15) is 11.3 Å². The van der Waals surface area contributed by atoms with E-state index in [1.807, 2.05) is 11.3 Å². The summed E-state index contributed by atoms with van der Waals surface area (Å²) in [5.74, 6) is 0. The summed E-state index contributed by atoms with van der Waals surface area (Å²) in [7, 11) is 0. The first-order valence-electron chi connectivity index (χ1n) is 7.90. The van der Waals surface area contributed by atoms with Crippen molar-refractivity contribution < 1.29 is 0 Å². The largest absolute Gasteiger partial charge is 0.358 e. The normalized spacial score (nSPS) is 34.1. The molecule has 0 amide bonds. The standard InChI is InChI=1S/C19H23NS/c1-13-7-5-6-8-17(13)20-14(2)18(3)9-10-19(20,4)16-12-21-11-15(16)18/h5-8,11-12,14H,9-10H2,1-4H3/t14-,18?,19?/m0/s1. The van der Waals surface area contributed by atoms with Crippen LogP contribution in [0, 0.1) is 6.92 Å². The summed E-state index contributed by atoms with van der Waals surface area (Å²) in [5.41, 5.74) is 6.42. The molecule has 0 N–H and O–H groups in total. The van der Waals surface area contributed by atoms with Crippen LogP contribution in [0.1, 0.15) is 50.3 Å². The van der Waals surface area contributed by atoms with Crippen molar-refractivity contribution in [1.29, 1.82) is 0 Å². The number of thiophene rings is 1. The first-order chi connectivity index (χ1) is 9.98. The fraction of sp³-hybridized carbons (Fsp3) is 0.474. The number of hydrogen-bond acceptors (Lipinski definition) is 2. The summed E-state index contributed by atoms with van der Waals surface area (Å²) < 4.78 is 0. The van der Waals surface area contributed by atoms with Crippen LogP contribution in [0.4, 0.5) is 5.69 Å². The highest BCUT2D eigenvalue weighted by atomic mass is 32.1. The third-order valence-corrected chi connectivity index (χ3v) is 6.95. The van der Waals surface area contributed by atoms with E-state index in [2.05, 4.69) is 67.6 Å². The Morgan fingerprint density at radius 1 is 1.10 bits per heavy atom. The molecule has 1 aromatic heterocycles. The van der Waals surface area contributed by atoms with Crippen molar-refractivity contribution >= 4 is 17.0 Å². The maximum Gasteiger partial charge on any atom is 0.0640 e. The van der Waals surface area contributed by atoms with E-state index < -0.39 is 0 Å². The fourth-order valence-corrected chi connectivity index (χ4v) is 5.75. The average molecular weight is 297 g/mol. The van der Waals surface area contributed by atoms with Crippen LogP contribution < -0.4 is 4.90 Å². The molecular weight excluding hydrogens is 274 g/mol. The number of nitrogens with zero attached hydrogens (tertiary/aromatic N) is 1. The number of benzene rings is 1. The summed E-state index contributed by atoms with van der Waals surface area (Å²) in [6, 6.07) is 9.40. The molecule has 0 spiro atoms. The molecular formula is C19H23NS. The molecule has 2 aromatic rings. The molecule has 3 aliphatic rings. The van der Waals surface area contributed by atoms with Crippen LogP contribution in [0.15, 0.2) is 35.0 Å². The van der Waals surface area contributed by atoms with Gasteiger partial charge in [0.2, 0.25) is 0 Å². The Labute approximate surface area is 131 Å². The third kappa shape index (κ3) is 1.52. The highest BCUT2D eigenvalue weighted by Crippen LogP contribution is 2.59. The first-order valence-corrected chi connectivity index (χ1v) is 8.85. The molecule has 1 fully saturated rings. The van der Waals surface area contributed by atoms with Crippen LogP contribution in [-0.4, -0.2) is 6.04 Å². The lowest BCUT2D eigenvalue weighted by Gasteiger charge is -2.62. The molecule has 1 saturated heterocycles. The molecule has 0 saturated carbocycles. The van der Waals surface area contributed by atoms with Crippen molar-refractivity contribution in [2.45, 2.75) is 57.5 Å². The van der Waals surface area contributed by atoms with Crippen LogP contribution in [0.5, 0.6) is 0 Å². The second-order valence-corrected chi connectivity index (χ2v) is 7.97. The topological polar surface area (TPSA) is 3.24 Å². The van der Waals surface area contributed by atoms with Crippen molar-refractivity contribution in [3.8, 4) is 0 Å². The summed E-state index contributed by atoms with van der Waals surface area (Å²) >= 11 is 1.88. The highest BCUT2D eigenvalue weighted by Gasteiger charge is 2.56. The van der Waals surface area contributed by atoms with Gasteiger partial charge in [0.05, 0.1) is 5.54 Å². The third-order valence-electron chi connectivity index (χ3n) is 6.20. The predicted octanol–water partition coefficient (Wildman–Crippen LogP) is 5.23. The Kier molecular flexibility index (Phi) is 2.63. The van der Waals surface area contributed by atoms with Crippen LogP contribution in [0.3, 0.4) is 0 Å². The Balaban J connectivity index is 1.97. The van der Waals surface area contributed by atoms with Crippen LogP contribution in [0.2, 0.25) is 0 Å². The van der Waals surface area contributed by atoms with Crippen LogP contribution >= 0.6 is 11.3 Å². The molecule has 3 heterocycles. The maximum absolute atomic E-state index is 2.71.